The zero-order valence-electron chi connectivity index (χ0n) is 9.21. The van der Waals surface area contributed by atoms with Gasteiger partial charge in [0.2, 0.25) is 5.50 Å². The average molecular weight is 280 g/mol. The minimum Gasteiger partial charge on any atom is -0.283 e. The number of hydrogen-bond donors (Lipinski definition) is 1. The molecule has 0 bridgehead atoms. The van der Waals surface area contributed by atoms with Crippen molar-refractivity contribution in [2.24, 2.45) is 0 Å². The lowest BCUT2D eigenvalue weighted by molar-refractivity contribution is -0.135. The summed E-state index contributed by atoms with van der Waals surface area (Å²) >= 11 is 0. The van der Waals surface area contributed by atoms with E-state index in [0.717, 1.165) is 0 Å². The van der Waals surface area contributed by atoms with Gasteiger partial charge in [-0.25, -0.2) is 4.39 Å². The molecule has 0 heterocycles. The zero-order valence-corrected chi connectivity index (χ0v) is 10.0. The molecule has 0 fully saturated rings. The minimum atomic E-state index is -4.64. The molecule has 17 heavy (non-hydrogen) atoms. The molecule has 0 aromatic rings. The Morgan fingerprint density at radius 2 is 1.47 bits per heavy atom. The van der Waals surface area contributed by atoms with Gasteiger partial charge in [-0.05, 0) is 19.3 Å². The number of rotatable bonds is 8. The van der Waals surface area contributed by atoms with Crippen molar-refractivity contribution in [1.29, 1.82) is 0 Å². The monoisotopic (exact) mass is 280 g/mol. The van der Waals surface area contributed by atoms with Crippen LogP contribution in [0.2, 0.25) is 0 Å². The quantitative estimate of drug-likeness (QED) is 0.421. The fraction of sp³-hybridized carbons (Fsp3) is 1.00. The molecule has 0 aliphatic rings. The molecule has 1 atom stereocenters. The SMILES string of the molecule is O=S(=O)(O)C(F)CCCCCCCC(F)(F)F. The molecule has 0 aromatic carbocycles. The van der Waals surface area contributed by atoms with E-state index in [2.05, 4.69) is 0 Å². The topological polar surface area (TPSA) is 54.4 Å². The lowest BCUT2D eigenvalue weighted by Gasteiger charge is -2.06. The van der Waals surface area contributed by atoms with Crippen molar-refractivity contribution in [3.8, 4) is 0 Å². The van der Waals surface area contributed by atoms with Crippen LogP contribution in [-0.2, 0) is 10.1 Å². The fourth-order valence-electron chi connectivity index (χ4n) is 1.31. The maximum absolute atomic E-state index is 12.7. The van der Waals surface area contributed by atoms with Crippen LogP contribution in [0.25, 0.3) is 0 Å². The predicted octanol–water partition coefficient (Wildman–Crippen LogP) is 3.46. The van der Waals surface area contributed by atoms with Gasteiger partial charge in [-0.15, -0.1) is 0 Å². The third-order valence-corrected chi connectivity index (χ3v) is 3.10. The van der Waals surface area contributed by atoms with Gasteiger partial charge in [-0.1, -0.05) is 19.3 Å². The van der Waals surface area contributed by atoms with Gasteiger partial charge in [-0.3, -0.25) is 4.55 Å². The second-order valence-electron chi connectivity index (χ2n) is 3.85. The van der Waals surface area contributed by atoms with Crippen LogP contribution in [0.1, 0.15) is 44.9 Å². The normalized spacial score (nSPS) is 14.9. The Bertz CT molecular complexity index is 300. The molecular weight excluding hydrogens is 264 g/mol. The highest BCUT2D eigenvalue weighted by atomic mass is 32.2. The van der Waals surface area contributed by atoms with Gasteiger partial charge >= 0.3 is 6.18 Å². The molecule has 104 valence electrons. The van der Waals surface area contributed by atoms with Crippen LogP contribution in [0.5, 0.6) is 0 Å². The molecule has 0 aromatic heterocycles. The third kappa shape index (κ3) is 10.5. The highest BCUT2D eigenvalue weighted by Gasteiger charge is 2.25. The molecule has 0 spiro atoms. The van der Waals surface area contributed by atoms with Crippen molar-refractivity contribution in [3.63, 3.8) is 0 Å². The first-order chi connectivity index (χ1) is 7.63. The molecule has 0 rings (SSSR count). The van der Waals surface area contributed by atoms with E-state index in [-0.39, 0.29) is 19.3 Å². The standard InChI is InChI=1S/C9H16F4O3S/c10-8(17(14,15)16)6-4-2-1-3-5-7-9(11,12)13/h8H,1-7H2,(H,14,15,16). The molecule has 1 N–H and O–H groups in total. The van der Waals surface area contributed by atoms with Gasteiger partial charge in [0.15, 0.2) is 0 Å². The minimum absolute atomic E-state index is 0.0286. The van der Waals surface area contributed by atoms with Crippen LogP contribution in [0.3, 0.4) is 0 Å². The van der Waals surface area contributed by atoms with Crippen molar-refractivity contribution >= 4 is 10.1 Å². The van der Waals surface area contributed by atoms with E-state index in [4.69, 9.17) is 4.55 Å². The summed E-state index contributed by atoms with van der Waals surface area (Å²) in [6, 6.07) is 0. The van der Waals surface area contributed by atoms with Gasteiger partial charge in [0, 0.05) is 6.42 Å². The molecule has 0 aliphatic carbocycles. The summed E-state index contributed by atoms with van der Waals surface area (Å²) in [5.74, 6) is 0. The van der Waals surface area contributed by atoms with Crippen LogP contribution < -0.4 is 0 Å². The molecule has 0 amide bonds. The Balaban J connectivity index is 3.42. The van der Waals surface area contributed by atoms with Crippen LogP contribution in [-0.4, -0.2) is 24.7 Å². The number of alkyl halides is 4. The van der Waals surface area contributed by atoms with Gasteiger partial charge in [-0.2, -0.15) is 21.6 Å². The van der Waals surface area contributed by atoms with E-state index >= 15 is 0 Å². The first-order valence-electron chi connectivity index (χ1n) is 5.30. The van der Waals surface area contributed by atoms with Gasteiger partial charge in [0.1, 0.15) is 0 Å². The summed E-state index contributed by atoms with van der Waals surface area (Å²) in [5.41, 5.74) is -2.29. The summed E-state index contributed by atoms with van der Waals surface area (Å²) in [7, 11) is -4.64. The Morgan fingerprint density at radius 3 is 1.94 bits per heavy atom. The first-order valence-corrected chi connectivity index (χ1v) is 6.80. The van der Waals surface area contributed by atoms with E-state index in [9.17, 15) is 26.0 Å². The van der Waals surface area contributed by atoms with E-state index in [1.54, 1.807) is 0 Å². The molecule has 0 saturated heterocycles. The Kier molecular flexibility index (Phi) is 6.99. The highest BCUT2D eigenvalue weighted by molar-refractivity contribution is 7.86. The second-order valence-corrected chi connectivity index (χ2v) is 5.39. The Hall–Kier alpha value is -0.370. The molecule has 0 saturated carbocycles. The highest BCUT2D eigenvalue weighted by Crippen LogP contribution is 2.23. The number of unbranched alkanes of at least 4 members (excludes halogenated alkanes) is 4. The van der Waals surface area contributed by atoms with Gasteiger partial charge in [0.05, 0.1) is 0 Å². The van der Waals surface area contributed by atoms with E-state index < -0.39 is 28.2 Å². The lowest BCUT2D eigenvalue weighted by atomic mass is 10.1. The largest absolute Gasteiger partial charge is 0.389 e. The summed E-state index contributed by atoms with van der Waals surface area (Å²) in [6.45, 7) is 0. The maximum atomic E-state index is 12.7. The molecule has 1 unspecified atom stereocenters. The van der Waals surface area contributed by atoms with Crippen molar-refractivity contribution in [2.75, 3.05) is 0 Å². The molecule has 0 aliphatic heterocycles. The Morgan fingerprint density at radius 1 is 1.00 bits per heavy atom. The van der Waals surface area contributed by atoms with Crippen molar-refractivity contribution in [1.82, 2.24) is 0 Å². The third-order valence-electron chi connectivity index (χ3n) is 2.21. The molecular formula is C9H16F4O3S. The first kappa shape index (κ1) is 16.6. The van der Waals surface area contributed by atoms with Crippen LogP contribution in [0.15, 0.2) is 0 Å². The van der Waals surface area contributed by atoms with Crippen LogP contribution in [0.4, 0.5) is 17.6 Å². The van der Waals surface area contributed by atoms with Crippen molar-refractivity contribution in [3.05, 3.63) is 0 Å². The van der Waals surface area contributed by atoms with Crippen molar-refractivity contribution < 1.29 is 30.5 Å². The molecule has 3 nitrogen and oxygen atoms in total. The molecule has 0 radical (unpaired) electrons. The summed E-state index contributed by atoms with van der Waals surface area (Å²) in [6.07, 6.45) is -3.71. The second kappa shape index (κ2) is 7.15. The summed E-state index contributed by atoms with van der Waals surface area (Å²) < 4.78 is 76.6. The Labute approximate surface area is 97.9 Å². The average Bonchev–Trinajstić information content (AvgIpc) is 2.12. The van der Waals surface area contributed by atoms with Gasteiger partial charge in [0.25, 0.3) is 10.1 Å². The number of hydrogen-bond acceptors (Lipinski definition) is 2. The zero-order chi connectivity index (χ0) is 13.5. The summed E-state index contributed by atoms with van der Waals surface area (Å²) in [4.78, 5) is 0. The van der Waals surface area contributed by atoms with Gasteiger partial charge < -0.3 is 0 Å². The van der Waals surface area contributed by atoms with E-state index in [1.165, 1.54) is 0 Å². The predicted molar refractivity (Wildman–Crippen MR) is 54.8 cm³/mol. The molecule has 8 heteroatoms. The van der Waals surface area contributed by atoms with Crippen LogP contribution >= 0.6 is 0 Å². The van der Waals surface area contributed by atoms with Crippen LogP contribution in [0, 0.1) is 0 Å². The van der Waals surface area contributed by atoms with E-state index in [0.29, 0.717) is 19.3 Å². The van der Waals surface area contributed by atoms with Crippen molar-refractivity contribution in [2.45, 2.75) is 56.6 Å². The maximum Gasteiger partial charge on any atom is 0.389 e. The smallest absolute Gasteiger partial charge is 0.283 e. The summed E-state index contributed by atoms with van der Waals surface area (Å²) in [5, 5.41) is 0. The van der Waals surface area contributed by atoms with E-state index in [1.807, 2.05) is 0 Å². The lowest BCUT2D eigenvalue weighted by Crippen LogP contribution is -2.14. The fourth-order valence-corrected chi connectivity index (χ4v) is 1.77. The number of halogens is 4.